The molecule has 7 heteroatoms. The maximum Gasteiger partial charge on any atom is 0.235 e. The second-order valence-corrected chi connectivity index (χ2v) is 14.7. The Bertz CT molecular complexity index is 3300. The zero-order chi connectivity index (χ0) is 37.5. The van der Waals surface area contributed by atoms with Crippen LogP contribution in [0.4, 0.5) is 0 Å². The Morgan fingerprint density at radius 2 is 1.00 bits per heavy atom. The summed E-state index contributed by atoms with van der Waals surface area (Å²) in [7, 11) is 0. The van der Waals surface area contributed by atoms with E-state index in [1.54, 1.807) is 0 Å². The van der Waals surface area contributed by atoms with Crippen molar-refractivity contribution in [3.05, 3.63) is 181 Å². The molecule has 0 amide bonds. The first kappa shape index (κ1) is 31.7. The van der Waals surface area contributed by atoms with Crippen molar-refractivity contribution in [1.29, 1.82) is 0 Å². The van der Waals surface area contributed by atoms with Gasteiger partial charge in [0.1, 0.15) is 0 Å². The standard InChI is InChI=1S/C50H33N7/c1-3-11-32(12-4-1)42-29-43(33-13-5-2-6-14-33)54-50(53-42)57-46-21-19-34(55-44-17-9-7-15-36(44)40-30-51-25-23-48(40)55)27-38(46)39-28-35(20-22-47(39)57)56-45-18-10-8-16-37(45)41-31-52-26-24-49(41)56/h1-23,25,27-31H,24,26H2. The Morgan fingerprint density at radius 3 is 1.68 bits per heavy atom. The maximum absolute atomic E-state index is 5.32. The van der Waals surface area contributed by atoms with E-state index in [2.05, 4.69) is 175 Å². The summed E-state index contributed by atoms with van der Waals surface area (Å²) in [6, 6.07) is 55.8. The SMILES string of the molecule is C1=NCCc2c1c1ccccc1n2-c1ccc2c(c1)c1cc(-n3c4ccccc4c4cnccc43)ccc1n2-c1nc(-c2ccccc2)cc(-c2ccccc2)n1. The number of fused-ring (bicyclic) bond motifs is 9. The number of aliphatic imine (C=N–C) groups is 1. The highest BCUT2D eigenvalue weighted by molar-refractivity contribution is 6.12. The van der Waals surface area contributed by atoms with Gasteiger partial charge in [0.15, 0.2) is 0 Å². The van der Waals surface area contributed by atoms with Crippen LogP contribution in [-0.4, -0.2) is 41.4 Å². The molecule has 0 aliphatic carbocycles. The van der Waals surface area contributed by atoms with Crippen LogP contribution in [0, 0.1) is 0 Å². The Hall–Kier alpha value is -7.64. The third-order valence-electron chi connectivity index (χ3n) is 11.5. The van der Waals surface area contributed by atoms with Gasteiger partial charge in [0, 0.05) is 92.3 Å². The largest absolute Gasteiger partial charge is 0.313 e. The lowest BCUT2D eigenvalue weighted by Gasteiger charge is -2.14. The maximum atomic E-state index is 5.32. The molecule has 1 aliphatic heterocycles. The molecule has 0 saturated heterocycles. The molecule has 12 rings (SSSR count). The molecule has 0 radical (unpaired) electrons. The molecule has 0 spiro atoms. The number of benzene rings is 6. The first-order valence-corrected chi connectivity index (χ1v) is 19.3. The molecule has 0 N–H and O–H groups in total. The van der Waals surface area contributed by atoms with Crippen LogP contribution in [0.25, 0.3) is 94.4 Å². The van der Waals surface area contributed by atoms with Crippen LogP contribution < -0.4 is 0 Å². The molecule has 11 aromatic rings. The Kier molecular flexibility index (Phi) is 6.92. The van der Waals surface area contributed by atoms with E-state index < -0.39 is 0 Å². The van der Waals surface area contributed by atoms with Crippen LogP contribution in [0.5, 0.6) is 0 Å². The van der Waals surface area contributed by atoms with Crippen molar-refractivity contribution < 1.29 is 0 Å². The van der Waals surface area contributed by atoms with Crippen LogP contribution in [0.15, 0.2) is 175 Å². The Morgan fingerprint density at radius 1 is 0.439 bits per heavy atom. The molecule has 268 valence electrons. The van der Waals surface area contributed by atoms with E-state index >= 15 is 0 Å². The average molecular weight is 732 g/mol. The summed E-state index contributed by atoms with van der Waals surface area (Å²) >= 11 is 0. The van der Waals surface area contributed by atoms with Gasteiger partial charge in [0.2, 0.25) is 5.95 Å². The fourth-order valence-electron chi connectivity index (χ4n) is 8.96. The molecule has 0 atom stereocenters. The predicted molar refractivity (Wildman–Crippen MR) is 232 cm³/mol. The first-order chi connectivity index (χ1) is 28.3. The van der Waals surface area contributed by atoms with Crippen molar-refractivity contribution in [2.45, 2.75) is 6.42 Å². The van der Waals surface area contributed by atoms with E-state index in [9.17, 15) is 0 Å². The fourth-order valence-corrected chi connectivity index (χ4v) is 8.96. The van der Waals surface area contributed by atoms with Gasteiger partial charge in [-0.15, -0.1) is 0 Å². The smallest absolute Gasteiger partial charge is 0.235 e. The minimum Gasteiger partial charge on any atom is -0.313 e. The van der Waals surface area contributed by atoms with Crippen LogP contribution >= 0.6 is 0 Å². The summed E-state index contributed by atoms with van der Waals surface area (Å²) in [6.45, 7) is 0.779. The highest BCUT2D eigenvalue weighted by atomic mass is 15.2. The lowest BCUT2D eigenvalue weighted by atomic mass is 10.1. The monoisotopic (exact) mass is 731 g/mol. The first-order valence-electron chi connectivity index (χ1n) is 19.3. The lowest BCUT2D eigenvalue weighted by molar-refractivity contribution is 0.875. The summed E-state index contributed by atoms with van der Waals surface area (Å²) in [5.41, 5.74) is 14.0. The molecule has 1 aliphatic rings. The molecular weight excluding hydrogens is 699 g/mol. The quantitative estimate of drug-likeness (QED) is 0.177. The van der Waals surface area contributed by atoms with E-state index in [4.69, 9.17) is 9.97 Å². The number of rotatable bonds is 5. The van der Waals surface area contributed by atoms with Crippen molar-refractivity contribution in [2.24, 2.45) is 4.99 Å². The van der Waals surface area contributed by atoms with Gasteiger partial charge in [-0.05, 0) is 60.7 Å². The van der Waals surface area contributed by atoms with Gasteiger partial charge in [0.05, 0.1) is 39.0 Å². The lowest BCUT2D eigenvalue weighted by Crippen LogP contribution is -2.07. The van der Waals surface area contributed by atoms with Gasteiger partial charge in [-0.2, -0.15) is 0 Å². The van der Waals surface area contributed by atoms with E-state index in [0.717, 1.165) is 85.1 Å². The van der Waals surface area contributed by atoms with Crippen LogP contribution in [0.3, 0.4) is 0 Å². The summed E-state index contributed by atoms with van der Waals surface area (Å²) in [6.07, 6.45) is 6.79. The summed E-state index contributed by atoms with van der Waals surface area (Å²) in [5.74, 6) is 0.624. The number of pyridine rings is 1. The van der Waals surface area contributed by atoms with Gasteiger partial charge < -0.3 is 9.13 Å². The molecule has 0 fully saturated rings. The summed E-state index contributed by atoms with van der Waals surface area (Å²) in [5, 5.41) is 5.77. The van der Waals surface area contributed by atoms with E-state index in [1.165, 1.54) is 27.5 Å². The van der Waals surface area contributed by atoms with E-state index in [1.807, 2.05) is 24.5 Å². The Balaban J connectivity index is 1.17. The van der Waals surface area contributed by atoms with Crippen molar-refractivity contribution in [2.75, 3.05) is 6.54 Å². The third-order valence-corrected chi connectivity index (χ3v) is 11.5. The van der Waals surface area contributed by atoms with Crippen molar-refractivity contribution in [3.63, 3.8) is 0 Å². The van der Waals surface area contributed by atoms with Gasteiger partial charge >= 0.3 is 0 Å². The predicted octanol–water partition coefficient (Wildman–Crippen LogP) is 11.3. The zero-order valence-electron chi connectivity index (χ0n) is 30.8. The molecule has 6 aromatic carbocycles. The fraction of sp³-hybridized carbons (Fsp3) is 0.0400. The van der Waals surface area contributed by atoms with Crippen LogP contribution in [0.1, 0.15) is 11.3 Å². The summed E-state index contributed by atoms with van der Waals surface area (Å²) < 4.78 is 7.03. The van der Waals surface area contributed by atoms with E-state index in [-0.39, 0.29) is 0 Å². The number of hydrogen-bond acceptors (Lipinski definition) is 4. The van der Waals surface area contributed by atoms with Crippen molar-refractivity contribution in [1.82, 2.24) is 28.7 Å². The molecular formula is C50H33N7. The normalized spacial score (nSPS) is 12.7. The number of nitrogens with zero attached hydrogens (tertiary/aromatic N) is 7. The molecule has 57 heavy (non-hydrogen) atoms. The molecule has 6 heterocycles. The molecule has 5 aromatic heterocycles. The number of hydrogen-bond donors (Lipinski definition) is 0. The van der Waals surface area contributed by atoms with Crippen molar-refractivity contribution in [3.8, 4) is 39.8 Å². The molecule has 7 nitrogen and oxygen atoms in total. The highest BCUT2D eigenvalue weighted by Gasteiger charge is 2.23. The van der Waals surface area contributed by atoms with Gasteiger partial charge in [-0.3, -0.25) is 14.5 Å². The molecule has 0 bridgehead atoms. The van der Waals surface area contributed by atoms with Crippen LogP contribution in [-0.2, 0) is 6.42 Å². The zero-order valence-corrected chi connectivity index (χ0v) is 30.8. The van der Waals surface area contributed by atoms with Crippen molar-refractivity contribution >= 4 is 60.7 Å². The van der Waals surface area contributed by atoms with Gasteiger partial charge in [-0.25, -0.2) is 9.97 Å². The van der Waals surface area contributed by atoms with E-state index in [0.29, 0.717) is 5.95 Å². The summed E-state index contributed by atoms with van der Waals surface area (Å²) in [4.78, 5) is 19.8. The minimum atomic E-state index is 0.624. The second kappa shape index (κ2) is 12.4. The third kappa shape index (κ3) is 4.85. The topological polar surface area (TPSA) is 65.8 Å². The number of aromatic nitrogens is 6. The van der Waals surface area contributed by atoms with Gasteiger partial charge in [-0.1, -0.05) is 97.1 Å². The highest BCUT2D eigenvalue weighted by Crippen LogP contribution is 2.39. The molecule has 0 saturated carbocycles. The average Bonchev–Trinajstić information content (AvgIpc) is 3.92. The Labute approximate surface area is 327 Å². The molecule has 0 unspecified atom stereocenters. The van der Waals surface area contributed by atoms with Crippen LogP contribution in [0.2, 0.25) is 0 Å². The second-order valence-electron chi connectivity index (χ2n) is 14.7. The number of para-hydroxylation sites is 2. The van der Waals surface area contributed by atoms with Gasteiger partial charge in [0.25, 0.3) is 0 Å². The minimum absolute atomic E-state index is 0.624.